The van der Waals surface area contributed by atoms with Crippen LogP contribution in [0.15, 0.2) is 0 Å². The molecule has 0 aromatic rings. The second kappa shape index (κ2) is 132. The minimum absolute atomic E-state index is 0. The Morgan fingerprint density at radius 1 is 0.538 bits per heavy atom. The van der Waals surface area contributed by atoms with E-state index in [-0.39, 0.29) is 27.3 Å². The summed E-state index contributed by atoms with van der Waals surface area (Å²) in [7, 11) is 0. The molecule has 0 amide bonds. The smallest absolute Gasteiger partial charge is 0.665 e. The summed E-state index contributed by atoms with van der Waals surface area (Å²) >= 11 is 0. The predicted molar refractivity (Wildman–Crippen MR) is 39.0 cm³/mol. The zero-order chi connectivity index (χ0) is 10.8. The second-order valence-electron chi connectivity index (χ2n) is 0.365. The van der Waals surface area contributed by atoms with E-state index < -0.39 is 0 Å². The van der Waals surface area contributed by atoms with E-state index in [0.29, 0.717) is 25.9 Å². The Kier molecular flexibility index (Phi) is 303. The minimum atomic E-state index is 0. The van der Waals surface area contributed by atoms with Crippen molar-refractivity contribution in [3.05, 3.63) is 0 Å². The van der Waals surface area contributed by atoms with Crippen LogP contribution in [0.1, 0.15) is 0 Å². The Labute approximate surface area is 93.0 Å². The normalized spacial score (nSPS) is 3.69. The van der Waals surface area contributed by atoms with Crippen molar-refractivity contribution in [2.24, 2.45) is 0 Å². The number of hydrogen-bond acceptors (Lipinski definition) is 4. The molecule has 0 heterocycles. The molecule has 0 aromatic carbocycles. The first kappa shape index (κ1) is 29.8. The first-order valence-electron chi connectivity index (χ1n) is 1.71. The molecule has 0 radical (unpaired) electrons. The van der Waals surface area contributed by atoms with E-state index in [0.717, 1.165) is 0 Å². The van der Waals surface area contributed by atoms with Gasteiger partial charge in [0.15, 0.2) is 0 Å². The monoisotopic (exact) mass is 388 g/mol. The van der Waals surface area contributed by atoms with Gasteiger partial charge < -0.3 is 39.6 Å². The van der Waals surface area contributed by atoms with Gasteiger partial charge in [-0.3, -0.25) is 0 Å². The van der Waals surface area contributed by atoms with Crippen LogP contribution in [0, 0.1) is 0 Å². The Balaban J connectivity index is -0.0000000213. The molecule has 9 heteroatoms. The van der Waals surface area contributed by atoms with Gasteiger partial charge in [-0.15, -0.1) is 0 Å². The fourth-order valence-electron chi connectivity index (χ4n) is 0. The molecule has 72 valence electrons. The third kappa shape index (κ3) is 583. The maximum absolute atomic E-state index is 8.24. The van der Waals surface area contributed by atoms with Crippen molar-refractivity contribution in [1.29, 1.82) is 0 Å². The van der Waals surface area contributed by atoms with Crippen molar-refractivity contribution in [1.82, 2.24) is 0 Å². The van der Waals surface area contributed by atoms with Gasteiger partial charge in [0, 0.05) is 0 Å². The van der Waals surface area contributed by atoms with Crippen LogP contribution in [-0.2, 0) is 19.2 Å². The Hall–Kier alpha value is -1.20. The quantitative estimate of drug-likeness (QED) is 0.277. The van der Waals surface area contributed by atoms with Crippen molar-refractivity contribution in [3.63, 3.8) is 0 Å². The summed E-state index contributed by atoms with van der Waals surface area (Å²) in [5.41, 5.74) is 0. The van der Waals surface area contributed by atoms with Crippen LogP contribution in [0.4, 0.5) is 0 Å². The topological polar surface area (TPSA) is 149 Å². The average molecular weight is 387 g/mol. The Morgan fingerprint density at radius 3 is 0.538 bits per heavy atom. The van der Waals surface area contributed by atoms with Crippen molar-refractivity contribution < 1.29 is 39.6 Å². The maximum Gasteiger partial charge on any atom is 4.00 e. The average Bonchev–Trinajstić information content (AvgIpc) is 1.92. The van der Waals surface area contributed by atoms with E-state index in [4.69, 9.17) is 39.6 Å². The van der Waals surface area contributed by atoms with Crippen molar-refractivity contribution in [2.75, 3.05) is 0 Å². The molecule has 0 fully saturated rings. The van der Waals surface area contributed by atoms with E-state index in [2.05, 4.69) is 0 Å². The molecule has 0 aromatic heterocycles. The molecule has 0 spiro atoms. The van der Waals surface area contributed by atoms with Gasteiger partial charge in [0.2, 0.25) is 0 Å². The summed E-state index contributed by atoms with van der Waals surface area (Å²) in [5.74, 6) is 0. The van der Waals surface area contributed by atoms with Gasteiger partial charge in [0.25, 0.3) is 0 Å². The fourth-order valence-corrected chi connectivity index (χ4v) is 0. The molecule has 4 N–H and O–H groups in total. The third-order valence-corrected chi connectivity index (χ3v) is 0. The van der Waals surface area contributed by atoms with Crippen molar-refractivity contribution in [2.45, 2.75) is 0 Å². The van der Waals surface area contributed by atoms with Crippen LogP contribution in [-0.4, -0.2) is 73.6 Å². The molecule has 0 unspecified atom stereocenters. The molecule has 0 bridgehead atoms. The van der Waals surface area contributed by atoms with Crippen LogP contribution >= 0.6 is 0 Å². The van der Waals surface area contributed by atoms with E-state index in [1.807, 2.05) is 0 Å². The summed E-state index contributed by atoms with van der Waals surface area (Å²) in [6, 6.07) is 0. The van der Waals surface area contributed by atoms with Crippen LogP contribution in [0.5, 0.6) is 0 Å². The predicted octanol–water partition coefficient (Wildman–Crippen LogP) is -1.93. The molecule has 0 rings (SSSR count). The molecule has 8 nitrogen and oxygen atoms in total. The van der Waals surface area contributed by atoms with Crippen molar-refractivity contribution >= 4 is 53.2 Å². The zero-order valence-corrected chi connectivity index (χ0v) is 9.81. The van der Waals surface area contributed by atoms with Crippen LogP contribution in [0.2, 0.25) is 0 Å². The van der Waals surface area contributed by atoms with Crippen LogP contribution < -0.4 is 0 Å². The third-order valence-electron chi connectivity index (χ3n) is 0. The molecule has 0 aliphatic rings. The van der Waals surface area contributed by atoms with Gasteiger partial charge in [-0.25, -0.2) is 0 Å². The number of aliphatic hydroxyl groups excluding tert-OH is 4. The zero-order valence-electron chi connectivity index (χ0n) is 5.92. The van der Waals surface area contributed by atoms with E-state index in [9.17, 15) is 0 Å². The molecule has 0 aliphatic heterocycles. The van der Waals surface area contributed by atoms with E-state index >= 15 is 0 Å². The van der Waals surface area contributed by atoms with Gasteiger partial charge in [-0.05, 0) is 0 Å². The largest absolute Gasteiger partial charge is 4.00 e. The molecular weight excluding hydrogens is 383 g/mol. The van der Waals surface area contributed by atoms with Gasteiger partial charge in [0.1, 0.15) is 0 Å². The molecule has 0 saturated heterocycles. The van der Waals surface area contributed by atoms with Gasteiger partial charge in [-0.2, -0.15) is 0 Å². The maximum atomic E-state index is 8.24. The second-order valence-corrected chi connectivity index (χ2v) is 0.365. The van der Waals surface area contributed by atoms with Crippen LogP contribution in [0.3, 0.4) is 0 Å². The summed E-state index contributed by atoms with van der Waals surface area (Å²) in [6.45, 7) is 2.00. The standard InChI is InChI=1S/4CHO2.Pb/c4*2-1-3;/h4*(H,2,3);/q4*-1;+4. The summed E-state index contributed by atoms with van der Waals surface area (Å²) in [5, 5.41) is 27.1. The Bertz CT molecular complexity index is 70.1. The minimum Gasteiger partial charge on any atom is -0.665 e. The molecule has 0 aliphatic carbocycles. The molecular formula is C4H4O8Pb. The first-order chi connectivity index (χ1) is 5.66. The van der Waals surface area contributed by atoms with Gasteiger partial charge in [0.05, 0.1) is 0 Å². The summed E-state index contributed by atoms with van der Waals surface area (Å²) in [6.07, 6.45) is 0. The van der Waals surface area contributed by atoms with E-state index in [1.165, 1.54) is 0 Å². The molecule has 13 heavy (non-hydrogen) atoms. The van der Waals surface area contributed by atoms with Gasteiger partial charge in [-0.1, -0.05) is 25.9 Å². The number of rotatable bonds is 0. The first-order valence-corrected chi connectivity index (χ1v) is 1.71. The van der Waals surface area contributed by atoms with Crippen LogP contribution in [0.25, 0.3) is 0 Å². The summed E-state index contributed by atoms with van der Waals surface area (Å²) < 4.78 is 0. The Morgan fingerprint density at radius 2 is 0.538 bits per heavy atom. The summed E-state index contributed by atoms with van der Waals surface area (Å²) in [4.78, 5) is 32.9. The number of hydrogen-bond donors (Lipinski definition) is 4. The SMILES string of the molecule is O=[C-]O.O=[C-]O.O=[C-]O.O=[C-]O.[Pb+4]. The van der Waals surface area contributed by atoms with Crippen molar-refractivity contribution in [3.8, 4) is 0 Å². The van der Waals surface area contributed by atoms with Gasteiger partial charge >= 0.3 is 27.3 Å². The van der Waals surface area contributed by atoms with E-state index in [1.54, 1.807) is 0 Å². The fraction of sp³-hybridized carbons (Fsp3) is 0. The molecule has 0 atom stereocenters. The molecule has 0 saturated carbocycles.